The van der Waals surface area contributed by atoms with Crippen molar-refractivity contribution >= 4 is 29.3 Å². The van der Waals surface area contributed by atoms with E-state index >= 15 is 0 Å². The third kappa shape index (κ3) is 4.88. The summed E-state index contributed by atoms with van der Waals surface area (Å²) in [5.74, 6) is 1.48. The molecule has 1 aliphatic rings. The number of thioether (sulfide) groups is 1. The molecule has 0 saturated carbocycles. The minimum Gasteiger partial charge on any atom is -0.497 e. The molecule has 1 atom stereocenters. The maximum Gasteiger partial charge on any atom is 0.251 e. The Morgan fingerprint density at radius 2 is 1.91 bits per heavy atom. The number of para-hydroxylation sites is 1. The molecule has 3 aromatic rings. The van der Waals surface area contributed by atoms with Crippen LogP contribution in [0.25, 0.3) is 0 Å². The molecule has 0 bridgehead atoms. The van der Waals surface area contributed by atoms with E-state index in [-0.39, 0.29) is 23.6 Å². The van der Waals surface area contributed by atoms with Crippen LogP contribution in [0.5, 0.6) is 5.75 Å². The van der Waals surface area contributed by atoms with E-state index < -0.39 is 0 Å². The summed E-state index contributed by atoms with van der Waals surface area (Å²) in [6, 6.07) is 14.6. The fourth-order valence-corrected chi connectivity index (χ4v) is 4.80. The number of rotatable bonds is 8. The lowest BCUT2D eigenvalue weighted by atomic mass is 10.2. The number of methoxy groups -OCH3 is 1. The van der Waals surface area contributed by atoms with Crippen molar-refractivity contribution in [2.75, 3.05) is 24.3 Å². The van der Waals surface area contributed by atoms with E-state index in [1.54, 1.807) is 31.4 Å². The fraction of sp³-hybridized carbons (Fsp3) is 0.333. The molecule has 0 unspecified atom stereocenters. The molecule has 1 N–H and O–H groups in total. The van der Waals surface area contributed by atoms with Crippen LogP contribution in [0, 0.1) is 0 Å². The maximum absolute atomic E-state index is 12.9. The van der Waals surface area contributed by atoms with Crippen molar-refractivity contribution in [2.24, 2.45) is 0 Å². The van der Waals surface area contributed by atoms with Gasteiger partial charge in [-0.3, -0.25) is 9.59 Å². The summed E-state index contributed by atoms with van der Waals surface area (Å²) >= 11 is 1.37. The molecule has 9 heteroatoms. The highest BCUT2D eigenvalue weighted by Gasteiger charge is 2.25. The number of amides is 2. The van der Waals surface area contributed by atoms with Crippen LogP contribution in [-0.2, 0) is 17.8 Å². The van der Waals surface area contributed by atoms with Crippen molar-refractivity contribution < 1.29 is 14.3 Å². The lowest BCUT2D eigenvalue weighted by Gasteiger charge is -2.17. The summed E-state index contributed by atoms with van der Waals surface area (Å²) < 4.78 is 7.08. The van der Waals surface area contributed by atoms with Crippen LogP contribution in [0.1, 0.15) is 41.6 Å². The molecule has 4 rings (SSSR count). The predicted octanol–water partition coefficient (Wildman–Crippen LogP) is 3.48. The number of ether oxygens (including phenoxy) is 1. The number of hydrogen-bond donors (Lipinski definition) is 1. The summed E-state index contributed by atoms with van der Waals surface area (Å²) in [7, 11) is 1.59. The van der Waals surface area contributed by atoms with Crippen LogP contribution in [0.15, 0.2) is 53.7 Å². The Morgan fingerprint density at radius 1 is 1.15 bits per heavy atom. The molecule has 0 radical (unpaired) electrons. The summed E-state index contributed by atoms with van der Waals surface area (Å²) in [5, 5.41) is 12.2. The van der Waals surface area contributed by atoms with E-state index in [4.69, 9.17) is 4.74 Å². The van der Waals surface area contributed by atoms with Crippen molar-refractivity contribution in [1.29, 1.82) is 0 Å². The molecule has 2 aromatic carbocycles. The molecule has 8 nitrogen and oxygen atoms in total. The first-order valence-corrected chi connectivity index (χ1v) is 11.9. The van der Waals surface area contributed by atoms with Gasteiger partial charge in [0, 0.05) is 24.3 Å². The number of fused-ring (bicyclic) bond motifs is 1. The fourth-order valence-electron chi connectivity index (χ4n) is 3.91. The first-order valence-electron chi connectivity index (χ1n) is 10.9. The third-order valence-electron chi connectivity index (χ3n) is 5.66. The van der Waals surface area contributed by atoms with E-state index in [1.807, 2.05) is 41.5 Å². The van der Waals surface area contributed by atoms with Crippen molar-refractivity contribution in [3.8, 4) is 5.75 Å². The van der Waals surface area contributed by atoms with Gasteiger partial charge in [0.2, 0.25) is 5.91 Å². The molecular formula is C24H27N5O3S. The van der Waals surface area contributed by atoms with Gasteiger partial charge < -0.3 is 19.5 Å². The number of anilines is 1. The molecule has 2 amide bonds. The van der Waals surface area contributed by atoms with E-state index in [2.05, 4.69) is 21.6 Å². The molecule has 0 saturated heterocycles. The van der Waals surface area contributed by atoms with Gasteiger partial charge in [0.05, 0.1) is 18.9 Å². The first-order chi connectivity index (χ1) is 16.0. The largest absolute Gasteiger partial charge is 0.497 e. The van der Waals surface area contributed by atoms with Gasteiger partial charge >= 0.3 is 0 Å². The Hall–Kier alpha value is -3.33. The quantitative estimate of drug-likeness (QED) is 0.513. The Balaban J connectivity index is 1.40. The summed E-state index contributed by atoms with van der Waals surface area (Å²) in [6.07, 6.45) is 0.882. The number of hydrogen-bond acceptors (Lipinski definition) is 6. The van der Waals surface area contributed by atoms with E-state index in [0.717, 1.165) is 12.1 Å². The monoisotopic (exact) mass is 465 g/mol. The zero-order valence-corrected chi connectivity index (χ0v) is 19.8. The molecule has 0 spiro atoms. The minimum atomic E-state index is -0.345. The van der Waals surface area contributed by atoms with Gasteiger partial charge in [-0.05, 0) is 56.2 Å². The molecular weight excluding hydrogens is 438 g/mol. The maximum atomic E-state index is 12.9. The average Bonchev–Trinajstić information content (AvgIpc) is 3.46. The standard InChI is InChI=1S/C24H27N5O3S/c1-4-28-22(16(2)25-23(31)18-9-11-19(32-3)12-10-18)26-27-24(28)33-15-21(30)29-14-13-17-7-5-6-8-20(17)29/h5-12,16H,4,13-15H2,1-3H3,(H,25,31)/t16-/m0/s1. The van der Waals surface area contributed by atoms with Gasteiger partial charge in [-0.25, -0.2) is 0 Å². The van der Waals surface area contributed by atoms with Crippen molar-refractivity contribution in [2.45, 2.75) is 38.0 Å². The second-order valence-electron chi connectivity index (χ2n) is 7.72. The average molecular weight is 466 g/mol. The summed E-state index contributed by atoms with van der Waals surface area (Å²) in [6.45, 7) is 5.21. The van der Waals surface area contributed by atoms with Gasteiger partial charge in [0.1, 0.15) is 5.75 Å². The van der Waals surface area contributed by atoms with Crippen LogP contribution in [-0.4, -0.2) is 46.0 Å². The Labute approximate surface area is 197 Å². The lowest BCUT2D eigenvalue weighted by molar-refractivity contribution is -0.116. The number of carbonyl (C=O) groups excluding carboxylic acids is 2. The Morgan fingerprint density at radius 3 is 2.64 bits per heavy atom. The topological polar surface area (TPSA) is 89.4 Å². The zero-order chi connectivity index (χ0) is 23.4. The van der Waals surface area contributed by atoms with Crippen LogP contribution in [0.4, 0.5) is 5.69 Å². The van der Waals surface area contributed by atoms with Gasteiger partial charge in [-0.2, -0.15) is 0 Å². The number of carbonyl (C=O) groups is 2. The van der Waals surface area contributed by atoms with Gasteiger partial charge in [0.25, 0.3) is 5.91 Å². The van der Waals surface area contributed by atoms with Crippen LogP contribution >= 0.6 is 11.8 Å². The highest BCUT2D eigenvalue weighted by Crippen LogP contribution is 2.29. The Bertz CT molecular complexity index is 1150. The number of aromatic nitrogens is 3. The van der Waals surface area contributed by atoms with Gasteiger partial charge in [-0.15, -0.1) is 10.2 Å². The highest BCUT2D eigenvalue weighted by atomic mass is 32.2. The minimum absolute atomic E-state index is 0.0537. The lowest BCUT2D eigenvalue weighted by Crippen LogP contribution is -2.30. The van der Waals surface area contributed by atoms with Crippen LogP contribution in [0.2, 0.25) is 0 Å². The smallest absolute Gasteiger partial charge is 0.251 e. The van der Waals surface area contributed by atoms with E-state index in [9.17, 15) is 9.59 Å². The Kier molecular flexibility index (Phi) is 6.98. The SMILES string of the molecule is CCn1c(SCC(=O)N2CCc3ccccc32)nnc1[C@H](C)NC(=O)c1ccc(OC)cc1. The van der Waals surface area contributed by atoms with Gasteiger partial charge in [-0.1, -0.05) is 30.0 Å². The summed E-state index contributed by atoms with van der Waals surface area (Å²) in [5.41, 5.74) is 2.74. The highest BCUT2D eigenvalue weighted by molar-refractivity contribution is 7.99. The second-order valence-corrected chi connectivity index (χ2v) is 8.66. The third-order valence-corrected chi connectivity index (χ3v) is 6.61. The molecule has 33 heavy (non-hydrogen) atoms. The molecule has 172 valence electrons. The van der Waals surface area contributed by atoms with Crippen LogP contribution < -0.4 is 15.0 Å². The molecule has 1 aromatic heterocycles. The van der Waals surface area contributed by atoms with E-state index in [1.165, 1.54) is 17.3 Å². The molecule has 1 aliphatic heterocycles. The number of nitrogens with zero attached hydrogens (tertiary/aromatic N) is 4. The molecule has 0 fully saturated rings. The van der Waals surface area contributed by atoms with Gasteiger partial charge in [0.15, 0.2) is 11.0 Å². The van der Waals surface area contributed by atoms with Crippen molar-refractivity contribution in [3.05, 3.63) is 65.5 Å². The molecule has 0 aliphatic carbocycles. The number of benzene rings is 2. The predicted molar refractivity (Wildman–Crippen MR) is 128 cm³/mol. The van der Waals surface area contributed by atoms with E-state index in [0.29, 0.717) is 35.4 Å². The van der Waals surface area contributed by atoms with Crippen LogP contribution in [0.3, 0.4) is 0 Å². The van der Waals surface area contributed by atoms with Crippen molar-refractivity contribution in [1.82, 2.24) is 20.1 Å². The number of nitrogens with one attached hydrogen (secondary N) is 1. The normalized spacial score (nSPS) is 13.5. The summed E-state index contributed by atoms with van der Waals surface area (Å²) in [4.78, 5) is 27.3. The zero-order valence-electron chi connectivity index (χ0n) is 18.9. The first kappa shape index (κ1) is 22.8. The van der Waals surface area contributed by atoms with Crippen molar-refractivity contribution in [3.63, 3.8) is 0 Å². The second kappa shape index (κ2) is 10.1. The molecule has 2 heterocycles.